The summed E-state index contributed by atoms with van der Waals surface area (Å²) in [4.78, 5) is 19.7. The maximum atomic E-state index is 11.4. The number of hydrogen-bond donors (Lipinski definition) is 4. The molecular formula is C17H21N7O4. The highest BCUT2D eigenvalue weighted by Crippen LogP contribution is 2.30. The Kier molecular flexibility index (Phi) is 5.75. The summed E-state index contributed by atoms with van der Waals surface area (Å²) in [5.41, 5.74) is 6.93. The van der Waals surface area contributed by atoms with Gasteiger partial charge in [-0.1, -0.05) is 0 Å². The van der Waals surface area contributed by atoms with Gasteiger partial charge in [0.15, 0.2) is 17.2 Å². The number of fused-ring (bicyclic) bond motifs is 1. The van der Waals surface area contributed by atoms with Crippen LogP contribution < -0.4 is 25.8 Å². The Morgan fingerprint density at radius 1 is 1.29 bits per heavy atom. The van der Waals surface area contributed by atoms with Crippen LogP contribution in [-0.4, -0.2) is 58.0 Å². The van der Waals surface area contributed by atoms with E-state index in [-0.39, 0.29) is 5.69 Å². The molecule has 3 heterocycles. The molecule has 0 unspecified atom stereocenters. The summed E-state index contributed by atoms with van der Waals surface area (Å²) < 4.78 is 12.1. The molecule has 0 aromatic carbocycles. The third-order valence-electron chi connectivity index (χ3n) is 3.86. The standard InChI is InChI=1S/C17H21N7O4/c1-19-11-7-14(23-24-13(17(25)26)9-20-15(11)24)22-12-6-10(28-5-3-4-18)8-21-16(12)27-2/h6-9,19H,3-5,18H2,1-2H3,(H,22,23)(H,25,26). The van der Waals surface area contributed by atoms with Crippen LogP contribution in [0.25, 0.3) is 5.65 Å². The quantitative estimate of drug-likeness (QED) is 0.396. The SMILES string of the molecule is CNc1cc(Nc2cc(OCCCN)cnc2OC)nn2c(C(=O)O)cnc12. The smallest absolute Gasteiger partial charge is 0.356 e. The van der Waals surface area contributed by atoms with Gasteiger partial charge in [-0.3, -0.25) is 0 Å². The number of nitrogens with zero attached hydrogens (tertiary/aromatic N) is 4. The molecular weight excluding hydrogens is 366 g/mol. The van der Waals surface area contributed by atoms with Gasteiger partial charge in [0.05, 0.1) is 31.8 Å². The van der Waals surface area contributed by atoms with E-state index in [1.165, 1.54) is 17.8 Å². The second-order valence-corrected chi connectivity index (χ2v) is 5.72. The molecule has 0 amide bonds. The van der Waals surface area contributed by atoms with Crippen molar-refractivity contribution in [2.75, 3.05) is 37.9 Å². The van der Waals surface area contributed by atoms with Gasteiger partial charge in [-0.05, 0) is 13.0 Å². The zero-order chi connectivity index (χ0) is 20.1. The summed E-state index contributed by atoms with van der Waals surface area (Å²) in [5.74, 6) is 0.119. The number of rotatable bonds is 9. The topological polar surface area (TPSA) is 149 Å². The molecule has 0 aliphatic heterocycles. The van der Waals surface area contributed by atoms with E-state index in [2.05, 4.69) is 25.7 Å². The van der Waals surface area contributed by atoms with Gasteiger partial charge in [-0.25, -0.2) is 19.3 Å². The number of pyridine rings is 1. The molecule has 0 saturated carbocycles. The molecule has 11 heteroatoms. The predicted molar refractivity (Wildman–Crippen MR) is 103 cm³/mol. The number of carboxylic acids is 1. The predicted octanol–water partition coefficient (Wildman–Crippen LogP) is 1.34. The first-order chi connectivity index (χ1) is 13.6. The summed E-state index contributed by atoms with van der Waals surface area (Å²) in [7, 11) is 3.21. The molecule has 3 rings (SSSR count). The van der Waals surface area contributed by atoms with Gasteiger partial charge < -0.3 is 30.9 Å². The molecule has 11 nitrogen and oxygen atoms in total. The molecule has 0 fully saturated rings. The van der Waals surface area contributed by atoms with Crippen LogP contribution in [0, 0.1) is 0 Å². The minimum absolute atomic E-state index is 0.0564. The van der Waals surface area contributed by atoms with Crippen molar-refractivity contribution in [1.82, 2.24) is 19.6 Å². The van der Waals surface area contributed by atoms with E-state index in [0.717, 1.165) is 6.42 Å². The zero-order valence-corrected chi connectivity index (χ0v) is 15.5. The van der Waals surface area contributed by atoms with Crippen LogP contribution in [0.15, 0.2) is 24.5 Å². The lowest BCUT2D eigenvalue weighted by molar-refractivity contribution is 0.0688. The van der Waals surface area contributed by atoms with Gasteiger partial charge in [0.2, 0.25) is 5.88 Å². The van der Waals surface area contributed by atoms with Gasteiger partial charge >= 0.3 is 5.97 Å². The maximum Gasteiger partial charge on any atom is 0.356 e. The number of methoxy groups -OCH3 is 1. The Hall–Kier alpha value is -3.60. The molecule has 0 aliphatic rings. The van der Waals surface area contributed by atoms with Crippen LogP contribution in [0.1, 0.15) is 16.9 Å². The number of ether oxygens (including phenoxy) is 2. The molecule has 3 aromatic rings. The molecule has 0 spiro atoms. The van der Waals surface area contributed by atoms with E-state index >= 15 is 0 Å². The Morgan fingerprint density at radius 2 is 2.11 bits per heavy atom. The second-order valence-electron chi connectivity index (χ2n) is 5.72. The summed E-state index contributed by atoms with van der Waals surface area (Å²) in [5, 5.41) is 19.7. The van der Waals surface area contributed by atoms with Crippen LogP contribution >= 0.6 is 0 Å². The molecule has 28 heavy (non-hydrogen) atoms. The zero-order valence-electron chi connectivity index (χ0n) is 15.5. The molecule has 3 aromatic heterocycles. The van der Waals surface area contributed by atoms with Crippen molar-refractivity contribution in [1.29, 1.82) is 0 Å². The first kappa shape index (κ1) is 19.2. The van der Waals surface area contributed by atoms with E-state index < -0.39 is 5.97 Å². The van der Waals surface area contributed by atoms with Gasteiger partial charge in [0.1, 0.15) is 11.4 Å². The number of aromatic nitrogens is 4. The summed E-state index contributed by atoms with van der Waals surface area (Å²) >= 11 is 0. The monoisotopic (exact) mass is 387 g/mol. The lowest BCUT2D eigenvalue weighted by Gasteiger charge is -2.13. The average molecular weight is 387 g/mol. The maximum absolute atomic E-state index is 11.4. The first-order valence-corrected chi connectivity index (χ1v) is 8.51. The number of aromatic carboxylic acids is 1. The Labute approximate surface area is 160 Å². The van der Waals surface area contributed by atoms with Gasteiger partial charge in [0, 0.05) is 19.2 Å². The number of hydrogen-bond acceptors (Lipinski definition) is 9. The fraction of sp³-hybridized carbons (Fsp3) is 0.294. The first-order valence-electron chi connectivity index (χ1n) is 8.51. The Bertz CT molecular complexity index is 989. The van der Waals surface area contributed by atoms with Gasteiger partial charge in [-0.2, -0.15) is 0 Å². The minimum Gasteiger partial charge on any atom is -0.492 e. The minimum atomic E-state index is -1.13. The summed E-state index contributed by atoms with van der Waals surface area (Å²) in [6, 6.07) is 3.43. The van der Waals surface area contributed by atoms with E-state index in [1.807, 2.05) is 0 Å². The number of carbonyl (C=O) groups is 1. The number of anilines is 3. The molecule has 0 aliphatic carbocycles. The van der Waals surface area contributed by atoms with Crippen molar-refractivity contribution in [3.63, 3.8) is 0 Å². The van der Waals surface area contributed by atoms with Crippen molar-refractivity contribution in [2.45, 2.75) is 6.42 Å². The van der Waals surface area contributed by atoms with Crippen molar-refractivity contribution in [3.05, 3.63) is 30.2 Å². The fourth-order valence-electron chi connectivity index (χ4n) is 2.53. The molecule has 148 valence electrons. The second kappa shape index (κ2) is 8.39. The molecule has 0 bridgehead atoms. The number of nitrogens with two attached hydrogens (primary N) is 1. The van der Waals surface area contributed by atoms with Crippen LogP contribution in [0.5, 0.6) is 11.6 Å². The number of carboxylic acid groups (broad SMARTS) is 1. The number of nitrogens with one attached hydrogen (secondary N) is 2. The lowest BCUT2D eigenvalue weighted by Crippen LogP contribution is -2.09. The van der Waals surface area contributed by atoms with Crippen LogP contribution in [0.3, 0.4) is 0 Å². The van der Waals surface area contributed by atoms with E-state index in [0.29, 0.717) is 47.6 Å². The van der Waals surface area contributed by atoms with Crippen LogP contribution in [0.2, 0.25) is 0 Å². The molecule has 0 atom stereocenters. The fourth-order valence-corrected chi connectivity index (χ4v) is 2.53. The normalized spacial score (nSPS) is 10.7. The lowest BCUT2D eigenvalue weighted by atomic mass is 10.3. The van der Waals surface area contributed by atoms with E-state index in [1.54, 1.807) is 25.4 Å². The van der Waals surface area contributed by atoms with Crippen molar-refractivity contribution >= 4 is 28.8 Å². The van der Waals surface area contributed by atoms with E-state index in [9.17, 15) is 9.90 Å². The van der Waals surface area contributed by atoms with Crippen molar-refractivity contribution in [2.24, 2.45) is 5.73 Å². The van der Waals surface area contributed by atoms with Gasteiger partial charge in [-0.15, -0.1) is 5.10 Å². The number of imidazole rings is 1. The third-order valence-corrected chi connectivity index (χ3v) is 3.86. The molecule has 0 saturated heterocycles. The summed E-state index contributed by atoms with van der Waals surface area (Å²) in [6.07, 6.45) is 3.52. The summed E-state index contributed by atoms with van der Waals surface area (Å²) in [6.45, 7) is 0.997. The highest BCUT2D eigenvalue weighted by molar-refractivity contribution is 5.88. The molecule has 5 N–H and O–H groups in total. The average Bonchev–Trinajstić information content (AvgIpc) is 3.12. The van der Waals surface area contributed by atoms with Gasteiger partial charge in [0.25, 0.3) is 0 Å². The van der Waals surface area contributed by atoms with Crippen molar-refractivity contribution < 1.29 is 19.4 Å². The van der Waals surface area contributed by atoms with Crippen molar-refractivity contribution in [3.8, 4) is 11.6 Å². The van der Waals surface area contributed by atoms with Crippen LogP contribution in [-0.2, 0) is 0 Å². The molecule has 0 radical (unpaired) electrons. The Morgan fingerprint density at radius 3 is 2.79 bits per heavy atom. The van der Waals surface area contributed by atoms with Crippen LogP contribution in [0.4, 0.5) is 17.2 Å². The highest BCUT2D eigenvalue weighted by Gasteiger charge is 2.16. The third kappa shape index (κ3) is 3.88. The largest absolute Gasteiger partial charge is 0.492 e. The highest BCUT2D eigenvalue weighted by atomic mass is 16.5. The van der Waals surface area contributed by atoms with E-state index in [4.69, 9.17) is 15.2 Å². The Balaban J connectivity index is 1.98.